The summed E-state index contributed by atoms with van der Waals surface area (Å²) in [6.07, 6.45) is 13.3. The lowest BCUT2D eigenvalue weighted by molar-refractivity contribution is -0.121. The van der Waals surface area contributed by atoms with E-state index in [-0.39, 0.29) is 0 Å². The Kier molecular flexibility index (Phi) is 6.63. The summed E-state index contributed by atoms with van der Waals surface area (Å²) in [7, 11) is 0. The number of hydrogen-bond donors (Lipinski definition) is 0. The minimum Gasteiger partial charge on any atom is -0.362 e. The van der Waals surface area contributed by atoms with E-state index in [2.05, 4.69) is 11.7 Å². The lowest BCUT2D eigenvalue weighted by atomic mass is 9.75. The molecule has 0 aromatic heterocycles. The molecule has 0 radical (unpaired) electrons. The molecule has 118 valence electrons. The summed E-state index contributed by atoms with van der Waals surface area (Å²) in [6.45, 7) is 2.23. The first-order chi connectivity index (χ1) is 10.2. The van der Waals surface area contributed by atoms with Gasteiger partial charge in [0.25, 0.3) is 5.71 Å². The number of carbonyl (C=O) groups excluding carboxylic acids is 1. The van der Waals surface area contributed by atoms with Crippen molar-refractivity contribution < 1.29 is 9.58 Å². The van der Waals surface area contributed by atoms with E-state index in [4.69, 9.17) is 0 Å². The van der Waals surface area contributed by atoms with Crippen LogP contribution in [0.4, 0.5) is 0 Å². The van der Waals surface area contributed by atoms with Crippen LogP contribution in [-0.2, 0) is 4.79 Å². The van der Waals surface area contributed by atoms with E-state index in [0.717, 1.165) is 56.6 Å². The summed E-state index contributed by atoms with van der Waals surface area (Å²) >= 11 is 0. The predicted molar refractivity (Wildman–Crippen MR) is 85.2 cm³/mol. The van der Waals surface area contributed by atoms with Crippen molar-refractivity contribution in [2.75, 3.05) is 0 Å². The van der Waals surface area contributed by atoms with Gasteiger partial charge in [-0.3, -0.25) is 4.79 Å². The summed E-state index contributed by atoms with van der Waals surface area (Å²) in [6, 6.07) is 0. The normalized spacial score (nSPS) is 22.8. The zero-order chi connectivity index (χ0) is 15.1. The summed E-state index contributed by atoms with van der Waals surface area (Å²) in [5.41, 5.74) is 10.4. The zero-order valence-corrected chi connectivity index (χ0v) is 13.5. The van der Waals surface area contributed by atoms with E-state index in [1.54, 1.807) is 0 Å². The van der Waals surface area contributed by atoms with Crippen molar-refractivity contribution in [1.82, 2.24) is 0 Å². The molecule has 2 aliphatic rings. The quantitative estimate of drug-likeness (QED) is 0.393. The van der Waals surface area contributed by atoms with Gasteiger partial charge in [0.2, 0.25) is 0 Å². The average molecular weight is 290 g/mol. The summed E-state index contributed by atoms with van der Waals surface area (Å²) < 4.78 is 0. The first kappa shape index (κ1) is 16.4. The molecule has 2 saturated carbocycles. The number of Topliss-reactive ketones (excluding diaryl/α,β-unsaturated/α-hetero) is 1. The van der Waals surface area contributed by atoms with Crippen molar-refractivity contribution in [1.29, 1.82) is 0 Å². The van der Waals surface area contributed by atoms with Crippen LogP contribution in [0.2, 0.25) is 0 Å². The monoisotopic (exact) mass is 290 g/mol. The Bertz CT molecular complexity index is 382. The van der Waals surface area contributed by atoms with E-state index in [1.165, 1.54) is 32.1 Å². The average Bonchev–Trinajstić information content (AvgIpc) is 2.53. The van der Waals surface area contributed by atoms with Gasteiger partial charge in [-0.1, -0.05) is 32.6 Å². The first-order valence-electron chi connectivity index (χ1n) is 8.94. The molecule has 0 amide bonds. The van der Waals surface area contributed by atoms with Crippen molar-refractivity contribution >= 4 is 11.5 Å². The van der Waals surface area contributed by atoms with Gasteiger partial charge < -0.3 is 5.53 Å². The Labute approximate surface area is 129 Å². The second-order valence-electron chi connectivity index (χ2n) is 7.12. The van der Waals surface area contributed by atoms with E-state index >= 15 is 0 Å². The SMILES string of the molecule is CCC(CC(CC1CCCCC1)=[N+]=[N-])C1CCC(=O)CC1. The molecule has 1 unspecified atom stereocenters. The second kappa shape index (κ2) is 8.48. The minimum absolute atomic E-state index is 0.430. The minimum atomic E-state index is 0.430. The zero-order valence-electron chi connectivity index (χ0n) is 13.5. The van der Waals surface area contributed by atoms with Crippen LogP contribution in [-0.4, -0.2) is 16.3 Å². The van der Waals surface area contributed by atoms with Crippen LogP contribution in [0.25, 0.3) is 5.53 Å². The summed E-state index contributed by atoms with van der Waals surface area (Å²) in [5, 5.41) is 0. The topological polar surface area (TPSA) is 53.5 Å². The van der Waals surface area contributed by atoms with Crippen molar-refractivity contribution in [3.63, 3.8) is 0 Å². The van der Waals surface area contributed by atoms with Gasteiger partial charge in [0.1, 0.15) is 5.78 Å². The number of nitrogens with zero attached hydrogens (tertiary/aromatic N) is 2. The second-order valence-corrected chi connectivity index (χ2v) is 7.12. The number of carbonyl (C=O) groups is 1. The highest BCUT2D eigenvalue weighted by Crippen LogP contribution is 2.34. The molecule has 3 heteroatoms. The number of ketones is 1. The molecule has 0 aromatic rings. The third kappa shape index (κ3) is 5.07. The van der Waals surface area contributed by atoms with E-state index in [1.807, 2.05) is 0 Å². The highest BCUT2D eigenvalue weighted by molar-refractivity contribution is 5.80. The standard InChI is InChI=1S/C18H30N2O/c1-2-15(16-8-10-18(21)11-9-16)13-17(20-19)12-14-6-4-3-5-7-14/h14-16H,2-13H2,1H3. The lowest BCUT2D eigenvalue weighted by Crippen LogP contribution is -2.24. The molecule has 2 rings (SSSR count). The fourth-order valence-electron chi connectivity index (χ4n) is 4.27. The van der Waals surface area contributed by atoms with E-state index in [9.17, 15) is 10.3 Å². The Morgan fingerprint density at radius 3 is 2.43 bits per heavy atom. The highest BCUT2D eigenvalue weighted by atomic mass is 16.1. The van der Waals surface area contributed by atoms with E-state index < -0.39 is 0 Å². The molecule has 0 N–H and O–H groups in total. The first-order valence-corrected chi connectivity index (χ1v) is 8.94. The molecular weight excluding hydrogens is 260 g/mol. The van der Waals surface area contributed by atoms with Crippen LogP contribution in [0, 0.1) is 17.8 Å². The third-order valence-electron chi connectivity index (χ3n) is 5.67. The molecule has 0 aliphatic heterocycles. The van der Waals surface area contributed by atoms with Gasteiger partial charge in [0, 0.05) is 25.7 Å². The Balaban J connectivity index is 1.86. The molecule has 2 fully saturated rings. The maximum absolute atomic E-state index is 11.4. The summed E-state index contributed by atoms with van der Waals surface area (Å²) in [4.78, 5) is 15.0. The molecule has 3 nitrogen and oxygen atoms in total. The molecule has 1 atom stereocenters. The van der Waals surface area contributed by atoms with Crippen molar-refractivity contribution in [3.8, 4) is 0 Å². The Hall–Kier alpha value is -0.950. The maximum atomic E-state index is 11.4. The molecular formula is C18H30N2O. The van der Waals surface area contributed by atoms with Crippen molar-refractivity contribution in [2.45, 2.75) is 84.0 Å². The van der Waals surface area contributed by atoms with Gasteiger partial charge in [-0.15, -0.1) is 0 Å². The lowest BCUT2D eigenvalue weighted by Gasteiger charge is -2.28. The molecule has 0 saturated heterocycles. The molecule has 0 aromatic carbocycles. The van der Waals surface area contributed by atoms with Crippen molar-refractivity contribution in [3.05, 3.63) is 5.53 Å². The molecule has 0 heterocycles. The van der Waals surface area contributed by atoms with Crippen LogP contribution < -0.4 is 0 Å². The van der Waals surface area contributed by atoms with Gasteiger partial charge in [0.15, 0.2) is 0 Å². The van der Waals surface area contributed by atoms with Gasteiger partial charge >= 0.3 is 0 Å². The van der Waals surface area contributed by atoms with Gasteiger partial charge in [-0.2, -0.15) is 4.79 Å². The highest BCUT2D eigenvalue weighted by Gasteiger charge is 2.29. The fraction of sp³-hybridized carbons (Fsp3) is 0.889. The van der Waals surface area contributed by atoms with E-state index in [0.29, 0.717) is 17.6 Å². The Morgan fingerprint density at radius 2 is 1.86 bits per heavy atom. The molecule has 0 bridgehead atoms. The molecule has 21 heavy (non-hydrogen) atoms. The molecule has 0 spiro atoms. The van der Waals surface area contributed by atoms with Gasteiger partial charge in [0.05, 0.1) is 0 Å². The number of hydrogen-bond acceptors (Lipinski definition) is 1. The largest absolute Gasteiger partial charge is 0.362 e. The maximum Gasteiger partial charge on any atom is 0.269 e. The van der Waals surface area contributed by atoms with Crippen LogP contribution >= 0.6 is 0 Å². The smallest absolute Gasteiger partial charge is 0.269 e. The van der Waals surface area contributed by atoms with Crippen LogP contribution in [0.15, 0.2) is 0 Å². The summed E-state index contributed by atoms with van der Waals surface area (Å²) in [5.74, 6) is 2.40. The van der Waals surface area contributed by atoms with Crippen LogP contribution in [0.5, 0.6) is 0 Å². The Morgan fingerprint density at radius 1 is 1.19 bits per heavy atom. The number of rotatable bonds is 6. The molecule has 2 aliphatic carbocycles. The predicted octanol–water partition coefficient (Wildman–Crippen LogP) is 4.80. The van der Waals surface area contributed by atoms with Crippen LogP contribution in [0.3, 0.4) is 0 Å². The third-order valence-corrected chi connectivity index (χ3v) is 5.67. The van der Waals surface area contributed by atoms with Gasteiger partial charge in [-0.05, 0) is 43.4 Å². The fourth-order valence-corrected chi connectivity index (χ4v) is 4.27. The van der Waals surface area contributed by atoms with Crippen LogP contribution in [0.1, 0.15) is 84.0 Å². The van der Waals surface area contributed by atoms with Crippen molar-refractivity contribution in [2.24, 2.45) is 17.8 Å². The van der Waals surface area contributed by atoms with Gasteiger partial charge in [-0.25, -0.2) is 0 Å².